The SMILES string of the molecule is CCCCOc1cc(O)cc(C(C)(C)C#N)c1. The number of phenolic OH excluding ortho intramolecular Hbond substituents is 1. The summed E-state index contributed by atoms with van der Waals surface area (Å²) in [6.45, 7) is 6.36. The van der Waals surface area contributed by atoms with Crippen LogP contribution in [0.3, 0.4) is 0 Å². The van der Waals surface area contributed by atoms with Crippen molar-refractivity contribution in [1.82, 2.24) is 0 Å². The van der Waals surface area contributed by atoms with Crippen molar-refractivity contribution in [2.75, 3.05) is 6.61 Å². The number of nitriles is 1. The fourth-order valence-corrected chi connectivity index (χ4v) is 1.43. The van der Waals surface area contributed by atoms with Gasteiger partial charge in [-0.1, -0.05) is 13.3 Å². The van der Waals surface area contributed by atoms with Crippen molar-refractivity contribution in [3.63, 3.8) is 0 Å². The smallest absolute Gasteiger partial charge is 0.123 e. The third-order valence-electron chi connectivity index (χ3n) is 2.66. The first-order chi connectivity index (χ1) is 7.99. The summed E-state index contributed by atoms with van der Waals surface area (Å²) in [6, 6.07) is 7.21. The fourth-order valence-electron chi connectivity index (χ4n) is 1.43. The summed E-state index contributed by atoms with van der Waals surface area (Å²) < 4.78 is 5.54. The molecule has 3 heteroatoms. The molecule has 3 nitrogen and oxygen atoms in total. The Morgan fingerprint density at radius 1 is 1.35 bits per heavy atom. The van der Waals surface area contributed by atoms with E-state index in [0.29, 0.717) is 12.4 Å². The van der Waals surface area contributed by atoms with Gasteiger partial charge in [-0.25, -0.2) is 0 Å². The molecule has 1 aromatic rings. The summed E-state index contributed by atoms with van der Waals surface area (Å²) in [7, 11) is 0. The highest BCUT2D eigenvalue weighted by molar-refractivity contribution is 5.43. The van der Waals surface area contributed by atoms with Gasteiger partial charge in [0.05, 0.1) is 18.1 Å². The van der Waals surface area contributed by atoms with Crippen LogP contribution in [0, 0.1) is 11.3 Å². The zero-order valence-corrected chi connectivity index (χ0v) is 10.7. The summed E-state index contributed by atoms with van der Waals surface area (Å²) >= 11 is 0. The van der Waals surface area contributed by atoms with Gasteiger partial charge in [-0.2, -0.15) is 5.26 Å². The minimum absolute atomic E-state index is 0.136. The standard InChI is InChI=1S/C14H19NO2/c1-4-5-6-17-13-8-11(7-12(16)9-13)14(2,3)10-15/h7-9,16H,4-6H2,1-3H3. The molecule has 1 N–H and O–H groups in total. The molecule has 17 heavy (non-hydrogen) atoms. The zero-order chi connectivity index (χ0) is 12.9. The van der Waals surface area contributed by atoms with Crippen LogP contribution in [0.4, 0.5) is 0 Å². The first kappa shape index (κ1) is 13.4. The second-order valence-corrected chi connectivity index (χ2v) is 4.65. The molecule has 0 radical (unpaired) electrons. The largest absolute Gasteiger partial charge is 0.508 e. The monoisotopic (exact) mass is 233 g/mol. The molecule has 0 aromatic heterocycles. The van der Waals surface area contributed by atoms with Crippen LogP contribution in [0.5, 0.6) is 11.5 Å². The van der Waals surface area contributed by atoms with E-state index >= 15 is 0 Å². The van der Waals surface area contributed by atoms with Gasteiger partial charge in [0.2, 0.25) is 0 Å². The van der Waals surface area contributed by atoms with E-state index in [9.17, 15) is 5.11 Å². The van der Waals surface area contributed by atoms with Crippen molar-refractivity contribution in [2.45, 2.75) is 39.0 Å². The molecule has 0 fully saturated rings. The Hall–Kier alpha value is -1.69. The quantitative estimate of drug-likeness (QED) is 0.793. The van der Waals surface area contributed by atoms with Crippen LogP contribution in [-0.4, -0.2) is 11.7 Å². The third kappa shape index (κ3) is 3.67. The van der Waals surface area contributed by atoms with Gasteiger partial charge in [0, 0.05) is 6.07 Å². The van der Waals surface area contributed by atoms with Crippen LogP contribution in [0.25, 0.3) is 0 Å². The van der Waals surface area contributed by atoms with Crippen molar-refractivity contribution in [3.05, 3.63) is 23.8 Å². The lowest BCUT2D eigenvalue weighted by Crippen LogP contribution is -2.13. The highest BCUT2D eigenvalue weighted by atomic mass is 16.5. The summed E-state index contributed by atoms with van der Waals surface area (Å²) in [5, 5.41) is 18.7. The first-order valence-electron chi connectivity index (χ1n) is 5.88. The molecule has 1 aromatic carbocycles. The Bertz CT molecular complexity index is 419. The molecule has 1 rings (SSSR count). The van der Waals surface area contributed by atoms with Gasteiger partial charge < -0.3 is 9.84 Å². The van der Waals surface area contributed by atoms with Gasteiger partial charge in [-0.05, 0) is 38.0 Å². The number of ether oxygens (including phenoxy) is 1. The van der Waals surface area contributed by atoms with Crippen molar-refractivity contribution < 1.29 is 9.84 Å². The molecule has 0 spiro atoms. The van der Waals surface area contributed by atoms with E-state index in [2.05, 4.69) is 13.0 Å². The maximum Gasteiger partial charge on any atom is 0.123 e. The molecule has 0 aliphatic heterocycles. The number of phenols is 1. The van der Waals surface area contributed by atoms with Crippen molar-refractivity contribution in [1.29, 1.82) is 5.26 Å². The molecule has 0 atom stereocenters. The van der Waals surface area contributed by atoms with Crippen LogP contribution in [0.1, 0.15) is 39.2 Å². The Balaban J connectivity index is 2.91. The van der Waals surface area contributed by atoms with Crippen LogP contribution in [0.15, 0.2) is 18.2 Å². The molecule has 0 unspecified atom stereocenters. The average molecular weight is 233 g/mol. The van der Waals surface area contributed by atoms with E-state index in [-0.39, 0.29) is 5.75 Å². The highest BCUT2D eigenvalue weighted by Crippen LogP contribution is 2.30. The summed E-state index contributed by atoms with van der Waals surface area (Å²) in [5.41, 5.74) is 0.146. The Labute approximate surface area is 103 Å². The van der Waals surface area contributed by atoms with Crippen molar-refractivity contribution in [3.8, 4) is 17.6 Å². The van der Waals surface area contributed by atoms with Gasteiger partial charge in [-0.15, -0.1) is 0 Å². The highest BCUT2D eigenvalue weighted by Gasteiger charge is 2.21. The van der Waals surface area contributed by atoms with Crippen LogP contribution < -0.4 is 4.74 Å². The predicted molar refractivity (Wildman–Crippen MR) is 67.1 cm³/mol. The number of hydrogen-bond donors (Lipinski definition) is 1. The molecular formula is C14H19NO2. The Morgan fingerprint density at radius 3 is 2.65 bits per heavy atom. The number of nitrogens with zero attached hydrogens (tertiary/aromatic N) is 1. The number of benzene rings is 1. The number of hydrogen-bond acceptors (Lipinski definition) is 3. The molecule has 0 amide bonds. The van der Waals surface area contributed by atoms with E-state index in [0.717, 1.165) is 18.4 Å². The molecule has 0 saturated carbocycles. The van der Waals surface area contributed by atoms with E-state index in [1.54, 1.807) is 12.1 Å². The molecule has 0 heterocycles. The maximum atomic E-state index is 9.62. The molecule has 0 saturated heterocycles. The third-order valence-corrected chi connectivity index (χ3v) is 2.66. The Kier molecular flexibility index (Phi) is 4.39. The second kappa shape index (κ2) is 5.58. The zero-order valence-electron chi connectivity index (χ0n) is 10.7. The van der Waals surface area contributed by atoms with Crippen molar-refractivity contribution >= 4 is 0 Å². The number of unbranched alkanes of at least 4 members (excludes halogenated alkanes) is 1. The summed E-state index contributed by atoms with van der Waals surface area (Å²) in [6.07, 6.45) is 2.04. The van der Waals surface area contributed by atoms with Gasteiger partial charge >= 0.3 is 0 Å². The Morgan fingerprint density at radius 2 is 2.06 bits per heavy atom. The molecular weight excluding hydrogens is 214 g/mol. The van der Waals surface area contributed by atoms with Gasteiger partial charge in [-0.3, -0.25) is 0 Å². The summed E-state index contributed by atoms with van der Waals surface area (Å²) in [5.74, 6) is 0.758. The van der Waals surface area contributed by atoms with Crippen LogP contribution in [0.2, 0.25) is 0 Å². The summed E-state index contributed by atoms with van der Waals surface area (Å²) in [4.78, 5) is 0. The second-order valence-electron chi connectivity index (χ2n) is 4.65. The van der Waals surface area contributed by atoms with E-state index < -0.39 is 5.41 Å². The first-order valence-corrected chi connectivity index (χ1v) is 5.88. The molecule has 0 aliphatic carbocycles. The van der Waals surface area contributed by atoms with Gasteiger partial charge in [0.1, 0.15) is 11.5 Å². The minimum Gasteiger partial charge on any atom is -0.508 e. The lowest BCUT2D eigenvalue weighted by molar-refractivity contribution is 0.307. The minimum atomic E-state index is -0.623. The maximum absolute atomic E-state index is 9.62. The number of rotatable bonds is 5. The van der Waals surface area contributed by atoms with Gasteiger partial charge in [0.25, 0.3) is 0 Å². The fraction of sp³-hybridized carbons (Fsp3) is 0.500. The topological polar surface area (TPSA) is 53.2 Å². The van der Waals surface area contributed by atoms with Crippen LogP contribution >= 0.6 is 0 Å². The van der Waals surface area contributed by atoms with Crippen molar-refractivity contribution in [2.24, 2.45) is 0 Å². The lowest BCUT2D eigenvalue weighted by atomic mass is 9.86. The van der Waals surface area contributed by atoms with Gasteiger partial charge in [0.15, 0.2) is 0 Å². The number of aromatic hydroxyl groups is 1. The average Bonchev–Trinajstić information content (AvgIpc) is 2.29. The normalized spacial score (nSPS) is 10.9. The van der Waals surface area contributed by atoms with E-state index in [1.807, 2.05) is 19.9 Å². The molecule has 92 valence electrons. The lowest BCUT2D eigenvalue weighted by Gasteiger charge is -2.17. The van der Waals surface area contributed by atoms with E-state index in [1.165, 1.54) is 0 Å². The van der Waals surface area contributed by atoms with Crippen LogP contribution in [-0.2, 0) is 5.41 Å². The molecule has 0 aliphatic rings. The predicted octanol–water partition coefficient (Wildman–Crippen LogP) is 3.37. The van der Waals surface area contributed by atoms with E-state index in [4.69, 9.17) is 10.00 Å². The molecule has 0 bridgehead atoms.